The molecule has 3 aromatic rings. The van der Waals surface area contributed by atoms with Crippen molar-refractivity contribution < 1.29 is 9.53 Å². The number of aryl methyl sites for hydroxylation is 1. The van der Waals surface area contributed by atoms with E-state index in [0.29, 0.717) is 31.3 Å². The van der Waals surface area contributed by atoms with Crippen molar-refractivity contribution in [2.45, 2.75) is 32.4 Å². The van der Waals surface area contributed by atoms with Crippen LogP contribution in [0.4, 0.5) is 0 Å². The molecule has 2 aromatic heterocycles. The lowest BCUT2D eigenvalue weighted by Crippen LogP contribution is -2.43. The number of amides is 1. The highest BCUT2D eigenvalue weighted by molar-refractivity contribution is 5.80. The Balaban J connectivity index is 1.33. The fourth-order valence-electron chi connectivity index (χ4n) is 3.28. The summed E-state index contributed by atoms with van der Waals surface area (Å²) in [5, 5.41) is 0. The maximum absolute atomic E-state index is 12.6. The number of nitrogens with zero attached hydrogens (tertiary/aromatic N) is 5. The second-order valence-electron chi connectivity index (χ2n) is 6.50. The molecule has 7 heteroatoms. The maximum atomic E-state index is 12.6. The van der Waals surface area contributed by atoms with Gasteiger partial charge in [0.15, 0.2) is 0 Å². The molecular formula is C19H21N5O2. The molecule has 0 bridgehead atoms. The number of carbonyl (C=O) groups is 1. The van der Waals surface area contributed by atoms with Gasteiger partial charge in [0.1, 0.15) is 18.5 Å². The number of rotatable bonds is 4. The first-order valence-electron chi connectivity index (χ1n) is 8.83. The van der Waals surface area contributed by atoms with Gasteiger partial charge in [-0.3, -0.25) is 4.79 Å². The summed E-state index contributed by atoms with van der Waals surface area (Å²) in [7, 11) is 0. The van der Waals surface area contributed by atoms with Crippen molar-refractivity contribution in [2.75, 3.05) is 13.1 Å². The Morgan fingerprint density at radius 2 is 2.00 bits per heavy atom. The van der Waals surface area contributed by atoms with E-state index in [-0.39, 0.29) is 12.0 Å². The number of hydrogen-bond donors (Lipinski definition) is 0. The van der Waals surface area contributed by atoms with Crippen LogP contribution in [0.3, 0.4) is 0 Å². The minimum Gasteiger partial charge on any atom is -0.474 e. The van der Waals surface area contributed by atoms with Crippen molar-refractivity contribution >= 4 is 16.9 Å². The van der Waals surface area contributed by atoms with E-state index >= 15 is 0 Å². The molecule has 1 aliphatic rings. The summed E-state index contributed by atoms with van der Waals surface area (Å²) in [5.41, 5.74) is 1.89. The Bertz CT molecular complexity index is 915. The van der Waals surface area contributed by atoms with Crippen LogP contribution in [-0.4, -0.2) is 49.5 Å². The van der Waals surface area contributed by atoms with E-state index < -0.39 is 0 Å². The van der Waals surface area contributed by atoms with Gasteiger partial charge in [0, 0.05) is 38.2 Å². The van der Waals surface area contributed by atoms with Crippen LogP contribution in [-0.2, 0) is 11.3 Å². The van der Waals surface area contributed by atoms with Crippen LogP contribution < -0.4 is 4.74 Å². The van der Waals surface area contributed by atoms with E-state index in [4.69, 9.17) is 4.74 Å². The molecular weight excluding hydrogens is 330 g/mol. The van der Waals surface area contributed by atoms with Crippen LogP contribution in [0.5, 0.6) is 5.88 Å². The maximum Gasteiger partial charge on any atom is 0.242 e. The van der Waals surface area contributed by atoms with Crippen molar-refractivity contribution in [1.82, 2.24) is 24.4 Å². The van der Waals surface area contributed by atoms with Crippen molar-refractivity contribution in [3.05, 3.63) is 48.7 Å². The van der Waals surface area contributed by atoms with Crippen molar-refractivity contribution in [3.63, 3.8) is 0 Å². The molecule has 0 unspecified atom stereocenters. The molecule has 0 atom stereocenters. The first-order valence-corrected chi connectivity index (χ1v) is 8.83. The highest BCUT2D eigenvalue weighted by Gasteiger charge is 2.24. The molecule has 26 heavy (non-hydrogen) atoms. The summed E-state index contributed by atoms with van der Waals surface area (Å²) in [5.74, 6) is 1.42. The van der Waals surface area contributed by atoms with Gasteiger partial charge in [0.2, 0.25) is 11.8 Å². The number of likely N-dealkylation sites (tertiary alicyclic amines) is 1. The number of imidazole rings is 1. The Kier molecular flexibility index (Phi) is 4.51. The zero-order chi connectivity index (χ0) is 17.9. The third kappa shape index (κ3) is 3.51. The lowest BCUT2D eigenvalue weighted by molar-refractivity contribution is -0.133. The molecule has 4 rings (SSSR count). The van der Waals surface area contributed by atoms with Crippen LogP contribution in [0.25, 0.3) is 11.0 Å². The molecule has 0 N–H and O–H groups in total. The summed E-state index contributed by atoms with van der Waals surface area (Å²) < 4.78 is 7.83. The first-order chi connectivity index (χ1) is 12.7. The summed E-state index contributed by atoms with van der Waals surface area (Å²) in [6.07, 6.45) is 5.13. The molecule has 1 aromatic carbocycles. The normalized spacial score (nSPS) is 15.3. The van der Waals surface area contributed by atoms with Crippen LogP contribution >= 0.6 is 0 Å². The highest BCUT2D eigenvalue weighted by Crippen LogP contribution is 2.18. The summed E-state index contributed by atoms with van der Waals surface area (Å²) >= 11 is 0. The molecule has 1 aliphatic heterocycles. The summed E-state index contributed by atoms with van der Waals surface area (Å²) in [4.78, 5) is 27.2. The minimum absolute atomic E-state index is 0.0856. The Morgan fingerprint density at radius 1 is 1.19 bits per heavy atom. The smallest absolute Gasteiger partial charge is 0.242 e. The Hall–Kier alpha value is -2.96. The number of ether oxygens (including phenoxy) is 1. The van der Waals surface area contributed by atoms with Crippen molar-refractivity contribution in [1.29, 1.82) is 0 Å². The van der Waals surface area contributed by atoms with Crippen LogP contribution in [0.15, 0.2) is 42.9 Å². The van der Waals surface area contributed by atoms with Gasteiger partial charge in [-0.05, 0) is 19.1 Å². The molecule has 134 valence electrons. The van der Waals surface area contributed by atoms with Gasteiger partial charge in [-0.2, -0.15) is 4.98 Å². The van der Waals surface area contributed by atoms with Gasteiger partial charge in [-0.1, -0.05) is 12.1 Å². The third-order valence-electron chi connectivity index (χ3n) is 4.67. The van der Waals surface area contributed by atoms with E-state index in [1.165, 1.54) is 0 Å². The average Bonchev–Trinajstić information content (AvgIpc) is 3.05. The number of aromatic nitrogens is 4. The standard InChI is InChI=1S/C19H21N5O2/c1-14-20-9-6-18(22-14)26-15-7-10-23(11-8-15)19(25)12-24-13-21-16-4-2-3-5-17(16)24/h2-6,9,13,15H,7-8,10-12H2,1H3. The molecule has 1 saturated heterocycles. The molecule has 0 saturated carbocycles. The van der Waals surface area contributed by atoms with Gasteiger partial charge < -0.3 is 14.2 Å². The van der Waals surface area contributed by atoms with E-state index in [2.05, 4.69) is 15.0 Å². The predicted molar refractivity (Wildman–Crippen MR) is 96.7 cm³/mol. The molecule has 1 amide bonds. The second-order valence-corrected chi connectivity index (χ2v) is 6.50. The Labute approximate surface area is 151 Å². The quantitative estimate of drug-likeness (QED) is 0.720. The number of fused-ring (bicyclic) bond motifs is 1. The van der Waals surface area contributed by atoms with E-state index in [0.717, 1.165) is 23.9 Å². The minimum atomic E-state index is 0.0856. The SMILES string of the molecule is Cc1nccc(OC2CCN(C(=O)Cn3cnc4ccccc43)CC2)n1. The van der Waals surface area contributed by atoms with E-state index in [1.807, 2.05) is 40.7 Å². The van der Waals surface area contributed by atoms with E-state index in [1.54, 1.807) is 18.6 Å². The van der Waals surface area contributed by atoms with Crippen LogP contribution in [0.2, 0.25) is 0 Å². The topological polar surface area (TPSA) is 73.1 Å². The predicted octanol–water partition coefficient (Wildman–Crippen LogP) is 2.20. The second kappa shape index (κ2) is 7.11. The lowest BCUT2D eigenvalue weighted by atomic mass is 10.1. The summed E-state index contributed by atoms with van der Waals surface area (Å²) in [6, 6.07) is 9.62. The van der Waals surface area contributed by atoms with Gasteiger partial charge >= 0.3 is 0 Å². The van der Waals surface area contributed by atoms with Gasteiger partial charge in [-0.15, -0.1) is 0 Å². The number of carbonyl (C=O) groups excluding carboxylic acids is 1. The molecule has 1 fully saturated rings. The monoisotopic (exact) mass is 351 g/mol. The first kappa shape index (κ1) is 16.5. The van der Waals surface area contributed by atoms with Gasteiger partial charge in [0.05, 0.1) is 17.4 Å². The van der Waals surface area contributed by atoms with Gasteiger partial charge in [-0.25, -0.2) is 9.97 Å². The van der Waals surface area contributed by atoms with Crippen LogP contribution in [0.1, 0.15) is 18.7 Å². The lowest BCUT2D eigenvalue weighted by Gasteiger charge is -2.32. The number of benzene rings is 1. The number of hydrogen-bond acceptors (Lipinski definition) is 5. The van der Waals surface area contributed by atoms with Crippen molar-refractivity contribution in [2.24, 2.45) is 0 Å². The zero-order valence-electron chi connectivity index (χ0n) is 14.7. The largest absolute Gasteiger partial charge is 0.474 e. The third-order valence-corrected chi connectivity index (χ3v) is 4.67. The zero-order valence-corrected chi connectivity index (χ0v) is 14.7. The molecule has 0 aliphatic carbocycles. The fraction of sp³-hybridized carbons (Fsp3) is 0.368. The molecule has 7 nitrogen and oxygen atoms in total. The van der Waals surface area contributed by atoms with E-state index in [9.17, 15) is 4.79 Å². The number of para-hydroxylation sites is 2. The van der Waals surface area contributed by atoms with Crippen LogP contribution in [0, 0.1) is 6.92 Å². The van der Waals surface area contributed by atoms with Gasteiger partial charge in [0.25, 0.3) is 0 Å². The average molecular weight is 351 g/mol. The molecule has 0 spiro atoms. The molecule has 0 radical (unpaired) electrons. The fourth-order valence-corrected chi connectivity index (χ4v) is 3.28. The molecule has 3 heterocycles. The Morgan fingerprint density at radius 3 is 2.81 bits per heavy atom. The highest BCUT2D eigenvalue weighted by atomic mass is 16.5. The van der Waals surface area contributed by atoms with Crippen molar-refractivity contribution in [3.8, 4) is 5.88 Å². The number of piperidine rings is 1. The summed E-state index contributed by atoms with van der Waals surface area (Å²) in [6.45, 7) is 3.55.